The van der Waals surface area contributed by atoms with E-state index in [-0.39, 0.29) is 0 Å². The second kappa shape index (κ2) is 2.46. The Labute approximate surface area is 74.7 Å². The van der Waals surface area contributed by atoms with Gasteiger partial charge in [-0.3, -0.25) is 4.98 Å². The Morgan fingerprint density at radius 1 is 1.55 bits per heavy atom. The van der Waals surface area contributed by atoms with E-state index in [2.05, 4.69) is 30.9 Å². The summed E-state index contributed by atoms with van der Waals surface area (Å²) in [5.74, 6) is 0. The molecule has 1 N–H and O–H groups in total. The molecule has 2 rings (SSSR count). The van der Waals surface area contributed by atoms with Gasteiger partial charge >= 0.3 is 0 Å². The molecule has 2 aromatic rings. The predicted molar refractivity (Wildman–Crippen MR) is 46.0 cm³/mol. The number of thiazole rings is 1. The van der Waals surface area contributed by atoms with Gasteiger partial charge < -0.3 is 4.74 Å². The molecule has 0 aliphatic carbocycles. The van der Waals surface area contributed by atoms with E-state index in [1.165, 1.54) is 11.3 Å². The molecule has 58 valence electrons. The van der Waals surface area contributed by atoms with Crippen LogP contribution in [0.25, 0.3) is 10.5 Å². The second-order valence-corrected chi connectivity index (χ2v) is 4.12. The maximum absolute atomic E-state index is 4.88. The van der Waals surface area contributed by atoms with E-state index in [1.807, 2.05) is 0 Å². The lowest BCUT2D eigenvalue weighted by molar-refractivity contribution is 0.386. The quantitative estimate of drug-likeness (QED) is 0.818. The number of hydrogen-bond acceptors (Lipinski definition) is 4. The highest BCUT2D eigenvalue weighted by Gasteiger charge is 2.06. The van der Waals surface area contributed by atoms with Gasteiger partial charge in [-0.1, -0.05) is 11.3 Å². The highest BCUT2D eigenvalue weighted by Crippen LogP contribution is 2.25. The van der Waals surface area contributed by atoms with Crippen molar-refractivity contribution in [3.63, 3.8) is 0 Å². The van der Waals surface area contributed by atoms with Crippen LogP contribution in [0.1, 0.15) is 0 Å². The molecule has 0 aliphatic heterocycles. The first-order valence-electron chi connectivity index (χ1n) is 2.85. The Morgan fingerprint density at radius 2 is 2.36 bits per heavy atom. The molecule has 0 saturated carbocycles. The van der Waals surface area contributed by atoms with Crippen LogP contribution in [0.2, 0.25) is 0 Å². The smallest absolute Gasteiger partial charge is 0.296 e. The first-order chi connectivity index (χ1) is 5.29. The fourth-order valence-corrected chi connectivity index (χ4v) is 2.02. The van der Waals surface area contributed by atoms with Gasteiger partial charge in [-0.05, 0) is 15.9 Å². The third kappa shape index (κ3) is 1.12. The summed E-state index contributed by atoms with van der Waals surface area (Å²) in [6, 6.07) is 0.506. The predicted octanol–water partition coefficient (Wildman–Crippen LogP) is 1.79. The van der Waals surface area contributed by atoms with Crippen molar-refractivity contribution < 1.29 is 4.74 Å². The van der Waals surface area contributed by atoms with E-state index in [4.69, 9.17) is 4.74 Å². The molecule has 2 heterocycles. The van der Waals surface area contributed by atoms with Crippen LogP contribution in [0.5, 0.6) is 6.01 Å². The molecule has 4 nitrogen and oxygen atoms in total. The zero-order valence-corrected chi connectivity index (χ0v) is 7.99. The number of halogens is 1. The third-order valence-corrected chi connectivity index (χ3v) is 2.61. The van der Waals surface area contributed by atoms with Gasteiger partial charge in [-0.2, -0.15) is 4.98 Å². The maximum atomic E-state index is 4.88. The van der Waals surface area contributed by atoms with E-state index in [9.17, 15) is 0 Å². The Hall–Kier alpha value is -0.620. The molecular formula is C5H4BrN3OS. The zero-order valence-electron chi connectivity index (χ0n) is 5.59. The molecule has 0 bridgehead atoms. The minimum atomic E-state index is 0.506. The van der Waals surface area contributed by atoms with Gasteiger partial charge in [0.2, 0.25) is 0 Å². The average Bonchev–Trinajstić information content (AvgIpc) is 2.43. The molecule has 11 heavy (non-hydrogen) atoms. The number of hydrogen-bond donors (Lipinski definition) is 1. The minimum absolute atomic E-state index is 0.506. The average molecular weight is 234 g/mol. The Bertz CT molecular complexity index is 350. The number of fused-ring (bicyclic) bond motifs is 1. The van der Waals surface area contributed by atoms with Crippen molar-refractivity contribution in [3.8, 4) is 6.01 Å². The van der Waals surface area contributed by atoms with Crippen LogP contribution >= 0.6 is 27.3 Å². The van der Waals surface area contributed by atoms with Crippen molar-refractivity contribution in [2.24, 2.45) is 0 Å². The molecule has 0 atom stereocenters. The second-order valence-electron chi connectivity index (χ2n) is 1.87. The van der Waals surface area contributed by atoms with Crippen LogP contribution in [-0.4, -0.2) is 22.1 Å². The van der Waals surface area contributed by atoms with Gasteiger partial charge in [-0.25, -0.2) is 4.98 Å². The van der Waals surface area contributed by atoms with Crippen molar-refractivity contribution in [2.75, 3.05) is 7.11 Å². The lowest BCUT2D eigenvalue weighted by atomic mass is 10.8. The number of imidazole rings is 1. The summed E-state index contributed by atoms with van der Waals surface area (Å²) < 4.78 is 5.71. The summed E-state index contributed by atoms with van der Waals surface area (Å²) in [5, 5.41) is 0. The molecule has 0 fully saturated rings. The Morgan fingerprint density at radius 3 is 3.00 bits per heavy atom. The van der Waals surface area contributed by atoms with E-state index >= 15 is 0 Å². The molecule has 0 amide bonds. The van der Waals surface area contributed by atoms with Gasteiger partial charge in [0, 0.05) is 0 Å². The van der Waals surface area contributed by atoms with E-state index in [0.717, 1.165) is 14.4 Å². The SMILES string of the molecule is COc1nc2sc(Br)nc2[nH]1. The van der Waals surface area contributed by atoms with Gasteiger partial charge in [0.1, 0.15) is 0 Å². The molecule has 6 heteroatoms. The first-order valence-corrected chi connectivity index (χ1v) is 4.46. The molecule has 0 unspecified atom stereocenters. The summed E-state index contributed by atoms with van der Waals surface area (Å²) in [6.45, 7) is 0. The topological polar surface area (TPSA) is 50.8 Å². The summed E-state index contributed by atoms with van der Waals surface area (Å²) >= 11 is 4.73. The van der Waals surface area contributed by atoms with Crippen molar-refractivity contribution in [2.45, 2.75) is 0 Å². The fraction of sp³-hybridized carbons (Fsp3) is 0.200. The number of nitrogens with one attached hydrogen (secondary N) is 1. The molecule has 0 spiro atoms. The minimum Gasteiger partial charge on any atom is -0.468 e. The highest BCUT2D eigenvalue weighted by atomic mass is 79.9. The molecular weight excluding hydrogens is 230 g/mol. The zero-order chi connectivity index (χ0) is 7.84. The van der Waals surface area contributed by atoms with Crippen molar-refractivity contribution in [1.29, 1.82) is 0 Å². The summed E-state index contributed by atoms with van der Waals surface area (Å²) in [7, 11) is 1.57. The largest absolute Gasteiger partial charge is 0.468 e. The van der Waals surface area contributed by atoms with Crippen LogP contribution in [0.15, 0.2) is 3.92 Å². The number of ether oxygens (including phenoxy) is 1. The number of nitrogens with zero attached hydrogens (tertiary/aromatic N) is 2. The normalized spacial score (nSPS) is 10.7. The number of rotatable bonds is 1. The van der Waals surface area contributed by atoms with E-state index < -0.39 is 0 Å². The molecule has 2 aromatic heterocycles. The van der Waals surface area contributed by atoms with Crippen LogP contribution in [0.4, 0.5) is 0 Å². The summed E-state index contributed by atoms with van der Waals surface area (Å²) in [6.07, 6.45) is 0. The molecule has 0 saturated heterocycles. The molecule has 0 aromatic carbocycles. The van der Waals surface area contributed by atoms with Crippen molar-refractivity contribution in [3.05, 3.63) is 3.92 Å². The van der Waals surface area contributed by atoms with Crippen LogP contribution in [0, 0.1) is 0 Å². The molecule has 0 aliphatic rings. The van der Waals surface area contributed by atoms with Gasteiger partial charge in [0.15, 0.2) is 14.4 Å². The molecule has 0 radical (unpaired) electrons. The standard InChI is InChI=1S/C5H4BrN3OS/c1-10-5-8-2-3(9-5)11-4(6)7-2/h1H3,(H,8,9). The summed E-state index contributed by atoms with van der Waals surface area (Å²) in [4.78, 5) is 12.0. The van der Waals surface area contributed by atoms with E-state index in [0.29, 0.717) is 6.01 Å². The van der Waals surface area contributed by atoms with Gasteiger partial charge in [0.25, 0.3) is 6.01 Å². The fourth-order valence-electron chi connectivity index (χ4n) is 0.762. The number of aromatic amines is 1. The van der Waals surface area contributed by atoms with Crippen LogP contribution in [-0.2, 0) is 0 Å². The van der Waals surface area contributed by atoms with Gasteiger partial charge in [0.05, 0.1) is 7.11 Å². The first kappa shape index (κ1) is 7.05. The highest BCUT2D eigenvalue weighted by molar-refractivity contribution is 9.11. The van der Waals surface area contributed by atoms with Crippen molar-refractivity contribution in [1.82, 2.24) is 15.0 Å². The number of aromatic nitrogens is 3. The third-order valence-electron chi connectivity index (χ3n) is 1.20. The lowest BCUT2D eigenvalue weighted by Crippen LogP contribution is -1.83. The van der Waals surface area contributed by atoms with Crippen molar-refractivity contribution >= 4 is 37.7 Å². The number of methoxy groups -OCH3 is 1. The monoisotopic (exact) mass is 233 g/mol. The number of H-pyrrole nitrogens is 1. The maximum Gasteiger partial charge on any atom is 0.296 e. The van der Waals surface area contributed by atoms with E-state index in [1.54, 1.807) is 7.11 Å². The Balaban J connectivity index is 2.64. The summed E-state index contributed by atoms with van der Waals surface area (Å²) in [5.41, 5.74) is 0.763. The van der Waals surface area contributed by atoms with Crippen LogP contribution < -0.4 is 4.74 Å². The van der Waals surface area contributed by atoms with Gasteiger partial charge in [-0.15, -0.1) is 0 Å². The lowest BCUT2D eigenvalue weighted by Gasteiger charge is -1.86. The Kier molecular flexibility index (Phi) is 1.57. The van der Waals surface area contributed by atoms with Crippen LogP contribution in [0.3, 0.4) is 0 Å².